The smallest absolute Gasteiger partial charge is 0.256 e. The van der Waals surface area contributed by atoms with Crippen molar-refractivity contribution in [2.75, 3.05) is 5.32 Å². The molecule has 0 fully saturated rings. The molecule has 1 aromatic heterocycles. The molecule has 3 nitrogen and oxygen atoms in total. The van der Waals surface area contributed by atoms with Gasteiger partial charge in [0.25, 0.3) is 5.91 Å². The van der Waals surface area contributed by atoms with Gasteiger partial charge in [0.05, 0.1) is 17.4 Å². The molecule has 0 bridgehead atoms. The minimum atomic E-state index is -0.592. The molecule has 18 heavy (non-hydrogen) atoms. The SMILES string of the molecule is O=C(Nc1ccc(F)nc1)c1cc(Cl)ccc1I. The van der Waals surface area contributed by atoms with Crippen LogP contribution in [0.2, 0.25) is 5.02 Å². The van der Waals surface area contributed by atoms with Crippen LogP contribution >= 0.6 is 34.2 Å². The summed E-state index contributed by atoms with van der Waals surface area (Å²) in [5.41, 5.74) is 0.893. The summed E-state index contributed by atoms with van der Waals surface area (Å²) in [6.07, 6.45) is 1.25. The lowest BCUT2D eigenvalue weighted by Crippen LogP contribution is -2.13. The van der Waals surface area contributed by atoms with E-state index in [9.17, 15) is 9.18 Å². The molecule has 0 saturated heterocycles. The molecule has 0 radical (unpaired) electrons. The van der Waals surface area contributed by atoms with Crippen molar-refractivity contribution in [1.82, 2.24) is 4.98 Å². The minimum absolute atomic E-state index is 0.310. The summed E-state index contributed by atoms with van der Waals surface area (Å²) in [7, 11) is 0. The number of anilines is 1. The number of hydrogen-bond acceptors (Lipinski definition) is 2. The molecule has 1 amide bonds. The molecule has 0 aliphatic heterocycles. The number of rotatable bonds is 2. The average Bonchev–Trinajstić information content (AvgIpc) is 2.35. The van der Waals surface area contributed by atoms with Crippen LogP contribution in [-0.2, 0) is 0 Å². The largest absolute Gasteiger partial charge is 0.321 e. The maximum Gasteiger partial charge on any atom is 0.256 e. The summed E-state index contributed by atoms with van der Waals surface area (Å²) in [5, 5.41) is 3.11. The van der Waals surface area contributed by atoms with Gasteiger partial charge in [0.15, 0.2) is 0 Å². The van der Waals surface area contributed by atoms with E-state index in [4.69, 9.17) is 11.6 Å². The standard InChI is InChI=1S/C12H7ClFIN2O/c13-7-1-3-10(15)9(5-7)12(18)17-8-2-4-11(14)16-6-8/h1-6H,(H,17,18). The second-order valence-corrected chi connectivity index (χ2v) is 5.05. The first-order valence-corrected chi connectivity index (χ1v) is 6.40. The van der Waals surface area contributed by atoms with E-state index in [0.29, 0.717) is 16.3 Å². The number of amides is 1. The van der Waals surface area contributed by atoms with Crippen molar-refractivity contribution in [2.45, 2.75) is 0 Å². The second kappa shape index (κ2) is 5.62. The molecule has 0 aliphatic rings. The number of aromatic nitrogens is 1. The fraction of sp³-hybridized carbons (Fsp3) is 0. The van der Waals surface area contributed by atoms with E-state index in [0.717, 1.165) is 3.57 Å². The van der Waals surface area contributed by atoms with Crippen molar-refractivity contribution in [3.05, 3.63) is 56.6 Å². The summed E-state index contributed by atoms with van der Waals surface area (Å²) in [6, 6.07) is 7.66. The van der Waals surface area contributed by atoms with Crippen LogP contribution in [0.5, 0.6) is 0 Å². The molecular weight excluding hydrogens is 370 g/mol. The van der Waals surface area contributed by atoms with Gasteiger partial charge in [0, 0.05) is 8.59 Å². The Bertz CT molecular complexity index is 589. The average molecular weight is 377 g/mol. The fourth-order valence-electron chi connectivity index (χ4n) is 1.32. The first-order valence-electron chi connectivity index (χ1n) is 4.94. The molecule has 6 heteroatoms. The highest BCUT2D eigenvalue weighted by molar-refractivity contribution is 14.1. The first kappa shape index (κ1) is 13.2. The van der Waals surface area contributed by atoms with Gasteiger partial charge in [-0.3, -0.25) is 4.79 Å². The van der Waals surface area contributed by atoms with Crippen LogP contribution in [-0.4, -0.2) is 10.9 Å². The Kier molecular flexibility index (Phi) is 4.13. The lowest BCUT2D eigenvalue weighted by Gasteiger charge is -2.06. The zero-order valence-corrected chi connectivity index (χ0v) is 11.9. The van der Waals surface area contributed by atoms with Crippen molar-refractivity contribution < 1.29 is 9.18 Å². The Balaban J connectivity index is 2.21. The molecule has 92 valence electrons. The molecule has 0 unspecified atom stereocenters. The predicted octanol–water partition coefficient (Wildman–Crippen LogP) is 3.73. The fourth-order valence-corrected chi connectivity index (χ4v) is 2.07. The first-order chi connectivity index (χ1) is 8.56. The maximum atomic E-state index is 12.6. The van der Waals surface area contributed by atoms with Crippen molar-refractivity contribution in [3.8, 4) is 0 Å². The normalized spacial score (nSPS) is 10.2. The number of carbonyl (C=O) groups is 1. The van der Waals surface area contributed by atoms with E-state index in [1.165, 1.54) is 18.3 Å². The van der Waals surface area contributed by atoms with E-state index < -0.39 is 5.95 Å². The van der Waals surface area contributed by atoms with Crippen LogP contribution in [0.1, 0.15) is 10.4 Å². The van der Waals surface area contributed by atoms with Crippen molar-refractivity contribution >= 4 is 45.8 Å². The lowest BCUT2D eigenvalue weighted by molar-refractivity contribution is 0.102. The van der Waals surface area contributed by atoms with E-state index in [1.54, 1.807) is 18.2 Å². The lowest BCUT2D eigenvalue weighted by atomic mass is 10.2. The summed E-state index contributed by atoms with van der Waals surface area (Å²) in [4.78, 5) is 15.4. The molecule has 1 aromatic carbocycles. The summed E-state index contributed by atoms with van der Waals surface area (Å²) in [5.74, 6) is -0.902. The number of carbonyl (C=O) groups excluding carboxylic acids is 1. The molecule has 0 aliphatic carbocycles. The van der Waals surface area contributed by atoms with Crippen LogP contribution in [0.15, 0.2) is 36.5 Å². The highest BCUT2D eigenvalue weighted by Gasteiger charge is 2.11. The van der Waals surface area contributed by atoms with E-state index in [1.807, 2.05) is 22.6 Å². The third-order valence-corrected chi connectivity index (χ3v) is 3.33. The third-order valence-electron chi connectivity index (χ3n) is 2.16. The van der Waals surface area contributed by atoms with Gasteiger partial charge in [0.1, 0.15) is 0 Å². The van der Waals surface area contributed by atoms with Gasteiger partial charge in [0.2, 0.25) is 5.95 Å². The number of pyridine rings is 1. The monoisotopic (exact) mass is 376 g/mol. The van der Waals surface area contributed by atoms with Gasteiger partial charge in [-0.05, 0) is 52.9 Å². The topological polar surface area (TPSA) is 42.0 Å². The van der Waals surface area contributed by atoms with E-state index in [-0.39, 0.29) is 5.91 Å². The van der Waals surface area contributed by atoms with Gasteiger partial charge in [-0.25, -0.2) is 4.98 Å². The van der Waals surface area contributed by atoms with Crippen LogP contribution in [0.25, 0.3) is 0 Å². The van der Waals surface area contributed by atoms with E-state index >= 15 is 0 Å². The van der Waals surface area contributed by atoms with Gasteiger partial charge in [-0.15, -0.1) is 0 Å². The number of nitrogens with one attached hydrogen (secondary N) is 1. The zero-order valence-electron chi connectivity index (χ0n) is 8.95. The van der Waals surface area contributed by atoms with Crippen LogP contribution in [0.4, 0.5) is 10.1 Å². The summed E-state index contributed by atoms with van der Waals surface area (Å²) < 4.78 is 13.4. The van der Waals surface area contributed by atoms with Gasteiger partial charge in [-0.1, -0.05) is 11.6 Å². The molecule has 1 N–H and O–H groups in total. The zero-order chi connectivity index (χ0) is 13.1. The summed E-state index contributed by atoms with van der Waals surface area (Å²) in [6.45, 7) is 0. The van der Waals surface area contributed by atoms with Gasteiger partial charge >= 0.3 is 0 Å². The molecule has 2 aromatic rings. The van der Waals surface area contributed by atoms with Crippen molar-refractivity contribution in [3.63, 3.8) is 0 Å². The van der Waals surface area contributed by atoms with E-state index in [2.05, 4.69) is 10.3 Å². The molecule has 0 saturated carbocycles. The second-order valence-electron chi connectivity index (χ2n) is 3.45. The van der Waals surface area contributed by atoms with Gasteiger partial charge in [-0.2, -0.15) is 4.39 Å². The number of halogens is 3. The predicted molar refractivity (Wildman–Crippen MR) is 76.3 cm³/mol. The maximum absolute atomic E-state index is 12.6. The van der Waals surface area contributed by atoms with Crippen molar-refractivity contribution in [1.29, 1.82) is 0 Å². The van der Waals surface area contributed by atoms with Crippen LogP contribution in [0.3, 0.4) is 0 Å². The molecule has 0 spiro atoms. The third kappa shape index (κ3) is 3.17. The molecule has 2 rings (SSSR count). The van der Waals surface area contributed by atoms with Crippen molar-refractivity contribution in [2.24, 2.45) is 0 Å². The quantitative estimate of drug-likeness (QED) is 0.641. The number of nitrogens with zero attached hydrogens (tertiary/aromatic N) is 1. The minimum Gasteiger partial charge on any atom is -0.321 e. The number of benzene rings is 1. The molecule has 0 atom stereocenters. The molecule has 1 heterocycles. The van der Waals surface area contributed by atoms with Crippen LogP contribution in [0, 0.1) is 9.52 Å². The van der Waals surface area contributed by atoms with Crippen LogP contribution < -0.4 is 5.32 Å². The Morgan fingerprint density at radius 3 is 2.78 bits per heavy atom. The Hall–Kier alpha value is -1.21. The highest BCUT2D eigenvalue weighted by atomic mass is 127. The Morgan fingerprint density at radius 1 is 1.33 bits per heavy atom. The Labute approximate surface area is 122 Å². The highest BCUT2D eigenvalue weighted by Crippen LogP contribution is 2.19. The molecular formula is C12H7ClFIN2O. The van der Waals surface area contributed by atoms with Gasteiger partial charge < -0.3 is 5.32 Å². The Morgan fingerprint density at radius 2 is 2.11 bits per heavy atom. The summed E-state index contributed by atoms with van der Waals surface area (Å²) >= 11 is 7.88. The number of hydrogen-bond donors (Lipinski definition) is 1.